The van der Waals surface area contributed by atoms with Crippen LogP contribution in [0.2, 0.25) is 0 Å². The fourth-order valence-electron chi connectivity index (χ4n) is 4.04. The number of carbonyl (C=O) groups excluding carboxylic acids is 3. The number of aryl methyl sites for hydroxylation is 1. The van der Waals surface area contributed by atoms with Gasteiger partial charge in [0.1, 0.15) is 12.1 Å². The minimum atomic E-state index is -1.14. The maximum absolute atomic E-state index is 13.4. The van der Waals surface area contributed by atoms with Crippen molar-refractivity contribution in [2.45, 2.75) is 38.6 Å². The van der Waals surface area contributed by atoms with Crippen LogP contribution < -0.4 is 10.6 Å². The minimum absolute atomic E-state index is 0.356. The molecule has 170 valence electrons. The predicted molar refractivity (Wildman–Crippen MR) is 129 cm³/mol. The number of anilines is 1. The molecule has 1 aromatic heterocycles. The summed E-state index contributed by atoms with van der Waals surface area (Å²) in [5, 5.41) is 8.59. The molecule has 4 amide bonds. The first-order valence-electron chi connectivity index (χ1n) is 10.9. The van der Waals surface area contributed by atoms with Crippen LogP contribution in [0.5, 0.6) is 0 Å². The summed E-state index contributed by atoms with van der Waals surface area (Å²) < 4.78 is 0. The first-order chi connectivity index (χ1) is 15.9. The molecule has 1 saturated heterocycles. The lowest BCUT2D eigenvalue weighted by molar-refractivity contribution is -0.134. The summed E-state index contributed by atoms with van der Waals surface area (Å²) in [6, 6.07) is 16.0. The molecule has 0 spiro atoms. The zero-order chi connectivity index (χ0) is 23.4. The molecule has 4 rings (SSSR count). The molecule has 3 aromatic rings. The van der Waals surface area contributed by atoms with Crippen molar-refractivity contribution >= 4 is 34.9 Å². The van der Waals surface area contributed by atoms with E-state index in [0.29, 0.717) is 12.1 Å². The van der Waals surface area contributed by atoms with Crippen molar-refractivity contribution in [2.24, 2.45) is 0 Å². The first kappa shape index (κ1) is 22.7. The lowest BCUT2D eigenvalue weighted by Crippen LogP contribution is -2.44. The number of amides is 4. The van der Waals surface area contributed by atoms with Crippen molar-refractivity contribution < 1.29 is 14.4 Å². The van der Waals surface area contributed by atoms with E-state index >= 15 is 0 Å². The van der Waals surface area contributed by atoms with E-state index < -0.39 is 23.4 Å². The average Bonchev–Trinajstić information content (AvgIpc) is 3.35. The van der Waals surface area contributed by atoms with E-state index in [0.717, 1.165) is 39.6 Å². The van der Waals surface area contributed by atoms with Crippen LogP contribution in [-0.4, -0.2) is 34.3 Å². The Balaban J connectivity index is 1.50. The average molecular weight is 463 g/mol. The summed E-state index contributed by atoms with van der Waals surface area (Å²) in [5.74, 6) is -0.835. The van der Waals surface area contributed by atoms with Crippen LogP contribution in [0.15, 0.2) is 60.0 Å². The Hall–Kier alpha value is -3.52. The molecule has 0 saturated carbocycles. The molecule has 1 unspecified atom stereocenters. The highest BCUT2D eigenvalue weighted by Crippen LogP contribution is 2.34. The van der Waals surface area contributed by atoms with Crippen LogP contribution in [0.3, 0.4) is 0 Å². The Labute approximate surface area is 196 Å². The van der Waals surface area contributed by atoms with Crippen LogP contribution in [0.4, 0.5) is 10.5 Å². The van der Waals surface area contributed by atoms with Crippen molar-refractivity contribution in [1.29, 1.82) is 0 Å². The molecule has 2 heterocycles. The number of carbonyl (C=O) groups is 3. The fraction of sp³-hybridized carbons (Fsp3) is 0.280. The zero-order valence-corrected chi connectivity index (χ0v) is 19.4. The second-order valence-electron chi connectivity index (χ2n) is 8.08. The van der Waals surface area contributed by atoms with Gasteiger partial charge in [-0.15, -0.1) is 11.3 Å². The molecule has 1 atom stereocenters. The Morgan fingerprint density at radius 3 is 2.64 bits per heavy atom. The second kappa shape index (κ2) is 9.54. The maximum Gasteiger partial charge on any atom is 0.325 e. The number of hydrogen-bond donors (Lipinski definition) is 2. The number of nitrogens with one attached hydrogen (secondary N) is 2. The molecule has 0 bridgehead atoms. The molecule has 7 nitrogen and oxygen atoms in total. The molecular formula is C25H26N4O3S. The Morgan fingerprint density at radius 1 is 1.15 bits per heavy atom. The highest BCUT2D eigenvalue weighted by atomic mass is 32.1. The smallest absolute Gasteiger partial charge is 0.325 e. The predicted octanol–water partition coefficient (Wildman–Crippen LogP) is 4.69. The number of imide groups is 1. The van der Waals surface area contributed by atoms with E-state index in [9.17, 15) is 14.4 Å². The van der Waals surface area contributed by atoms with Gasteiger partial charge in [-0.3, -0.25) is 14.5 Å². The maximum atomic E-state index is 13.4. The monoisotopic (exact) mass is 462 g/mol. The summed E-state index contributed by atoms with van der Waals surface area (Å²) in [7, 11) is 0. The quantitative estimate of drug-likeness (QED) is 0.475. The molecule has 2 N–H and O–H groups in total. The Morgan fingerprint density at radius 2 is 1.94 bits per heavy atom. The molecule has 1 aliphatic heterocycles. The third-order valence-electron chi connectivity index (χ3n) is 5.71. The van der Waals surface area contributed by atoms with Gasteiger partial charge in [-0.05, 0) is 31.0 Å². The summed E-state index contributed by atoms with van der Waals surface area (Å²) in [5.41, 5.74) is 1.89. The lowest BCUT2D eigenvalue weighted by Gasteiger charge is -2.27. The van der Waals surface area contributed by atoms with Crippen LogP contribution in [0, 0.1) is 6.92 Å². The summed E-state index contributed by atoms with van der Waals surface area (Å²) >= 11 is 1.56. The number of unbranched alkanes of at least 4 members (excludes halogenated alkanes) is 1. The van der Waals surface area contributed by atoms with E-state index in [4.69, 9.17) is 0 Å². The molecule has 8 heteroatoms. The summed E-state index contributed by atoms with van der Waals surface area (Å²) in [6.45, 7) is 3.62. The van der Waals surface area contributed by atoms with Crippen molar-refractivity contribution in [3.63, 3.8) is 0 Å². The van der Waals surface area contributed by atoms with Crippen LogP contribution >= 0.6 is 11.3 Å². The number of aromatic nitrogens is 1. The van der Waals surface area contributed by atoms with Gasteiger partial charge in [0.2, 0.25) is 5.91 Å². The highest BCUT2D eigenvalue weighted by Gasteiger charge is 2.52. The van der Waals surface area contributed by atoms with E-state index in [1.165, 1.54) is 0 Å². The number of nitrogens with zero attached hydrogens (tertiary/aromatic N) is 2. The van der Waals surface area contributed by atoms with Crippen LogP contribution in [0.25, 0.3) is 11.3 Å². The van der Waals surface area contributed by atoms with Crippen molar-refractivity contribution in [3.05, 3.63) is 70.5 Å². The van der Waals surface area contributed by atoms with Gasteiger partial charge in [0.15, 0.2) is 0 Å². The molecule has 33 heavy (non-hydrogen) atoms. The number of rotatable bonds is 8. The van der Waals surface area contributed by atoms with Crippen molar-refractivity contribution in [2.75, 3.05) is 11.9 Å². The van der Waals surface area contributed by atoms with Crippen molar-refractivity contribution in [1.82, 2.24) is 15.2 Å². The van der Waals surface area contributed by atoms with Gasteiger partial charge in [0.05, 0.1) is 10.7 Å². The van der Waals surface area contributed by atoms with Gasteiger partial charge in [-0.25, -0.2) is 9.78 Å². The number of urea groups is 1. The summed E-state index contributed by atoms with van der Waals surface area (Å²) in [6.07, 6.45) is 2.13. The lowest BCUT2D eigenvalue weighted by atomic mass is 9.85. The van der Waals surface area contributed by atoms with Crippen LogP contribution in [-0.2, 0) is 15.1 Å². The van der Waals surface area contributed by atoms with E-state index in [2.05, 4.69) is 15.6 Å². The van der Waals surface area contributed by atoms with E-state index in [-0.39, 0.29) is 6.54 Å². The van der Waals surface area contributed by atoms with Gasteiger partial charge in [-0.1, -0.05) is 62.2 Å². The van der Waals surface area contributed by atoms with Gasteiger partial charge in [0.25, 0.3) is 5.91 Å². The normalized spacial score (nSPS) is 17.8. The zero-order valence-electron chi connectivity index (χ0n) is 18.6. The second-order valence-corrected chi connectivity index (χ2v) is 9.14. The SMILES string of the molecule is CCCCC1(c2ccccc2)NC(=O)N(CC(=O)Nc2cccc(-c3csc(C)n3)c2)C1=O. The number of thiazole rings is 1. The third-order valence-corrected chi connectivity index (χ3v) is 6.48. The Bertz CT molecular complexity index is 1180. The molecular weight excluding hydrogens is 436 g/mol. The molecule has 1 aliphatic rings. The third kappa shape index (κ3) is 4.66. The largest absolute Gasteiger partial charge is 0.325 e. The van der Waals surface area contributed by atoms with Crippen molar-refractivity contribution in [3.8, 4) is 11.3 Å². The van der Waals surface area contributed by atoms with E-state index in [1.54, 1.807) is 17.4 Å². The first-order valence-corrected chi connectivity index (χ1v) is 11.8. The summed E-state index contributed by atoms with van der Waals surface area (Å²) in [4.78, 5) is 44.5. The van der Waals surface area contributed by atoms with Gasteiger partial charge in [-0.2, -0.15) is 0 Å². The highest BCUT2D eigenvalue weighted by molar-refractivity contribution is 7.09. The fourth-order valence-corrected chi connectivity index (χ4v) is 4.66. The van der Waals surface area contributed by atoms with Gasteiger partial charge >= 0.3 is 6.03 Å². The van der Waals surface area contributed by atoms with Gasteiger partial charge < -0.3 is 10.6 Å². The molecule has 2 aromatic carbocycles. The number of benzene rings is 2. The topological polar surface area (TPSA) is 91.4 Å². The standard InChI is InChI=1S/C25H26N4O3S/c1-3-4-13-25(19-10-6-5-7-11-19)23(31)29(24(32)28-25)15-22(30)27-20-12-8-9-18(14-20)21-16-33-17(2)26-21/h5-12,14,16H,3-4,13,15H2,1-2H3,(H,27,30)(H,28,32). The number of hydrogen-bond acceptors (Lipinski definition) is 5. The van der Waals surface area contributed by atoms with Crippen LogP contribution in [0.1, 0.15) is 36.8 Å². The molecule has 0 aliphatic carbocycles. The molecule has 0 radical (unpaired) electrons. The Kier molecular flexibility index (Phi) is 6.55. The molecule has 1 fully saturated rings. The van der Waals surface area contributed by atoms with E-state index in [1.807, 2.05) is 67.8 Å². The van der Waals surface area contributed by atoms with Gasteiger partial charge in [0, 0.05) is 16.6 Å². The minimum Gasteiger partial charge on any atom is -0.325 e.